The van der Waals surface area contributed by atoms with Crippen LogP contribution in [-0.4, -0.2) is 53.5 Å². The molecule has 3 atom stereocenters. The summed E-state index contributed by atoms with van der Waals surface area (Å²) in [5.41, 5.74) is 1.91. The molecule has 0 spiro atoms. The van der Waals surface area contributed by atoms with E-state index in [2.05, 4.69) is 5.32 Å². The minimum atomic E-state index is -0.930. The van der Waals surface area contributed by atoms with Crippen LogP contribution in [0.3, 0.4) is 0 Å². The highest BCUT2D eigenvalue weighted by molar-refractivity contribution is 6.02. The van der Waals surface area contributed by atoms with E-state index < -0.39 is 12.0 Å². The number of fused-ring (bicyclic) bond motifs is 2. The summed E-state index contributed by atoms with van der Waals surface area (Å²) < 4.78 is 0. The normalized spacial score (nSPS) is 27.4. The SMILES string of the molecule is CN1CCC(=O)Nc2cc(C(=O)N3C(C(=O)O)CC4CCCCC43)ccc21. The van der Waals surface area contributed by atoms with Crippen LogP contribution in [0.2, 0.25) is 0 Å². The zero-order chi connectivity index (χ0) is 19.1. The molecule has 2 N–H and O–H groups in total. The smallest absolute Gasteiger partial charge is 0.326 e. The van der Waals surface area contributed by atoms with Gasteiger partial charge in [-0.15, -0.1) is 0 Å². The number of likely N-dealkylation sites (tertiary alicyclic amines) is 1. The molecule has 7 heteroatoms. The van der Waals surface area contributed by atoms with Crippen LogP contribution in [0.15, 0.2) is 18.2 Å². The Kier molecular flexibility index (Phi) is 4.53. The van der Waals surface area contributed by atoms with E-state index in [9.17, 15) is 19.5 Å². The van der Waals surface area contributed by atoms with Crippen LogP contribution in [-0.2, 0) is 9.59 Å². The first-order valence-electron chi connectivity index (χ1n) is 9.66. The molecule has 7 nitrogen and oxygen atoms in total. The number of benzene rings is 1. The molecule has 0 radical (unpaired) electrons. The summed E-state index contributed by atoms with van der Waals surface area (Å²) in [6, 6.07) is 4.50. The van der Waals surface area contributed by atoms with Gasteiger partial charge in [-0.25, -0.2) is 4.79 Å². The minimum Gasteiger partial charge on any atom is -0.480 e. The first kappa shape index (κ1) is 17.8. The van der Waals surface area contributed by atoms with Gasteiger partial charge in [0.2, 0.25) is 5.91 Å². The van der Waals surface area contributed by atoms with E-state index >= 15 is 0 Å². The van der Waals surface area contributed by atoms with Crippen molar-refractivity contribution in [1.82, 2.24) is 4.90 Å². The topological polar surface area (TPSA) is 90.0 Å². The molecular formula is C20H25N3O4. The zero-order valence-corrected chi connectivity index (χ0v) is 15.5. The third kappa shape index (κ3) is 3.15. The molecule has 4 rings (SSSR count). The molecule has 2 fully saturated rings. The Morgan fingerprint density at radius 1 is 1.22 bits per heavy atom. The number of nitrogens with one attached hydrogen (secondary N) is 1. The van der Waals surface area contributed by atoms with E-state index in [-0.39, 0.29) is 23.8 Å². The molecule has 2 amide bonds. The second-order valence-electron chi connectivity index (χ2n) is 7.87. The third-order valence-electron chi connectivity index (χ3n) is 6.21. The van der Waals surface area contributed by atoms with E-state index in [4.69, 9.17) is 0 Å². The molecule has 1 aromatic rings. The van der Waals surface area contributed by atoms with Gasteiger partial charge in [-0.3, -0.25) is 9.59 Å². The first-order chi connectivity index (χ1) is 13.0. The maximum atomic E-state index is 13.3. The molecule has 0 bridgehead atoms. The lowest BCUT2D eigenvalue weighted by Gasteiger charge is -2.33. The summed E-state index contributed by atoms with van der Waals surface area (Å²) in [5.74, 6) is -0.987. The summed E-state index contributed by atoms with van der Waals surface area (Å²) in [6.45, 7) is 0.614. The standard InChI is InChI=1S/C20H25N3O4/c1-22-9-8-18(24)21-14-10-13(6-7-16(14)22)19(25)23-15-5-3-2-4-12(15)11-17(23)20(26)27/h6-7,10,12,15,17H,2-5,8-9,11H2,1H3,(H,21,24)(H,26,27). The fraction of sp³-hybridized carbons (Fsp3) is 0.550. The fourth-order valence-electron chi connectivity index (χ4n) is 4.83. The number of anilines is 2. The van der Waals surface area contributed by atoms with Crippen molar-refractivity contribution >= 4 is 29.2 Å². The minimum absolute atomic E-state index is 0.00317. The van der Waals surface area contributed by atoms with Crippen molar-refractivity contribution in [3.8, 4) is 0 Å². The second-order valence-corrected chi connectivity index (χ2v) is 7.87. The Bertz CT molecular complexity index is 793. The molecule has 0 aromatic heterocycles. The van der Waals surface area contributed by atoms with Crippen molar-refractivity contribution in [2.45, 2.75) is 50.6 Å². The lowest BCUT2D eigenvalue weighted by molar-refractivity contribution is -0.141. The van der Waals surface area contributed by atoms with Crippen molar-refractivity contribution in [1.29, 1.82) is 0 Å². The van der Waals surface area contributed by atoms with E-state index in [1.807, 2.05) is 18.0 Å². The lowest BCUT2D eigenvalue weighted by atomic mass is 9.84. The Labute approximate surface area is 158 Å². The Balaban J connectivity index is 1.67. The average molecular weight is 371 g/mol. The molecule has 1 aliphatic carbocycles. The maximum Gasteiger partial charge on any atom is 0.326 e. The molecule has 3 unspecified atom stereocenters. The number of carboxylic acid groups (broad SMARTS) is 1. The lowest BCUT2D eigenvalue weighted by Crippen LogP contribution is -2.46. The highest BCUT2D eigenvalue weighted by Crippen LogP contribution is 2.41. The second kappa shape index (κ2) is 6.87. The molecule has 2 aliphatic heterocycles. The monoisotopic (exact) mass is 371 g/mol. The quantitative estimate of drug-likeness (QED) is 0.833. The van der Waals surface area contributed by atoms with Gasteiger partial charge in [0, 0.05) is 31.6 Å². The van der Waals surface area contributed by atoms with Gasteiger partial charge in [0.1, 0.15) is 6.04 Å². The Morgan fingerprint density at radius 2 is 2.00 bits per heavy atom. The summed E-state index contributed by atoms with van der Waals surface area (Å²) in [7, 11) is 1.91. The molecule has 27 heavy (non-hydrogen) atoms. The largest absolute Gasteiger partial charge is 0.480 e. The van der Waals surface area contributed by atoms with Crippen LogP contribution in [0.25, 0.3) is 0 Å². The summed E-state index contributed by atoms with van der Waals surface area (Å²) in [6.07, 6.45) is 4.92. The van der Waals surface area contributed by atoms with Crippen molar-refractivity contribution in [2.75, 3.05) is 23.8 Å². The predicted molar refractivity (Wildman–Crippen MR) is 101 cm³/mol. The van der Waals surface area contributed by atoms with Crippen molar-refractivity contribution in [3.63, 3.8) is 0 Å². The Morgan fingerprint density at radius 3 is 2.78 bits per heavy atom. The number of rotatable bonds is 2. The van der Waals surface area contributed by atoms with Gasteiger partial charge in [0.25, 0.3) is 5.91 Å². The van der Waals surface area contributed by atoms with Crippen molar-refractivity contribution in [2.24, 2.45) is 5.92 Å². The van der Waals surface area contributed by atoms with Gasteiger partial charge in [0.15, 0.2) is 0 Å². The third-order valence-corrected chi connectivity index (χ3v) is 6.21. The van der Waals surface area contributed by atoms with Gasteiger partial charge in [-0.05, 0) is 43.4 Å². The van der Waals surface area contributed by atoms with Crippen molar-refractivity contribution < 1.29 is 19.5 Å². The van der Waals surface area contributed by atoms with E-state index in [0.717, 1.165) is 31.4 Å². The van der Waals surface area contributed by atoms with Crippen molar-refractivity contribution in [3.05, 3.63) is 23.8 Å². The molecule has 144 valence electrons. The molecular weight excluding hydrogens is 346 g/mol. The number of amides is 2. The van der Waals surface area contributed by atoms with Crippen LogP contribution in [0, 0.1) is 5.92 Å². The summed E-state index contributed by atoms with van der Waals surface area (Å²) in [5, 5.41) is 12.5. The molecule has 1 saturated carbocycles. The van der Waals surface area contributed by atoms with Gasteiger partial charge < -0.3 is 20.2 Å². The van der Waals surface area contributed by atoms with E-state index in [1.54, 1.807) is 17.0 Å². The molecule has 2 heterocycles. The molecule has 3 aliphatic rings. The summed E-state index contributed by atoms with van der Waals surface area (Å²) in [4.78, 5) is 40.6. The van der Waals surface area contributed by atoms with Gasteiger partial charge in [0.05, 0.1) is 11.4 Å². The average Bonchev–Trinajstić information content (AvgIpc) is 2.98. The number of carboxylic acids is 1. The van der Waals surface area contributed by atoms with Crippen LogP contribution in [0.4, 0.5) is 11.4 Å². The molecule has 1 saturated heterocycles. The van der Waals surface area contributed by atoms with Crippen LogP contribution in [0.5, 0.6) is 0 Å². The van der Waals surface area contributed by atoms with Crippen LogP contribution >= 0.6 is 0 Å². The Hall–Kier alpha value is -2.57. The predicted octanol–water partition coefficient (Wildman–Crippen LogP) is 2.32. The van der Waals surface area contributed by atoms with Crippen LogP contribution in [0.1, 0.15) is 48.9 Å². The van der Waals surface area contributed by atoms with E-state index in [0.29, 0.717) is 30.6 Å². The number of carbonyl (C=O) groups is 3. The molecule has 1 aromatic carbocycles. The maximum absolute atomic E-state index is 13.3. The van der Waals surface area contributed by atoms with E-state index in [1.165, 1.54) is 0 Å². The van der Waals surface area contributed by atoms with Crippen LogP contribution < -0.4 is 10.2 Å². The summed E-state index contributed by atoms with van der Waals surface area (Å²) >= 11 is 0. The highest BCUT2D eigenvalue weighted by atomic mass is 16.4. The fourth-order valence-corrected chi connectivity index (χ4v) is 4.83. The number of carbonyl (C=O) groups excluding carboxylic acids is 2. The van der Waals surface area contributed by atoms with Gasteiger partial charge in [-0.1, -0.05) is 12.8 Å². The number of hydrogen-bond acceptors (Lipinski definition) is 4. The number of hydrogen-bond donors (Lipinski definition) is 2. The van der Waals surface area contributed by atoms with Gasteiger partial charge >= 0.3 is 5.97 Å². The first-order valence-corrected chi connectivity index (χ1v) is 9.66. The highest BCUT2D eigenvalue weighted by Gasteiger charge is 2.47. The zero-order valence-electron chi connectivity index (χ0n) is 15.5. The number of nitrogens with zero attached hydrogens (tertiary/aromatic N) is 2. The number of aliphatic carboxylic acids is 1. The van der Waals surface area contributed by atoms with Gasteiger partial charge in [-0.2, -0.15) is 0 Å².